The third kappa shape index (κ3) is 2.96. The molecule has 2 aliphatic carbocycles. The van der Waals surface area contributed by atoms with Crippen LogP contribution < -0.4 is 0 Å². The Morgan fingerprint density at radius 2 is 1.31 bits per heavy atom. The highest BCUT2D eigenvalue weighted by Crippen LogP contribution is 2.62. The van der Waals surface area contributed by atoms with Crippen molar-refractivity contribution in [1.82, 2.24) is 9.97 Å². The highest BCUT2D eigenvalue weighted by molar-refractivity contribution is 5.66. The van der Waals surface area contributed by atoms with Crippen LogP contribution in [0.1, 0.15) is 61.0 Å². The number of aromatic nitrogens is 2. The maximum absolute atomic E-state index is 15.1. The quantitative estimate of drug-likeness (QED) is 0.240. The molecular formula is C30H22F4N2. The van der Waals surface area contributed by atoms with E-state index in [9.17, 15) is 0 Å². The van der Waals surface area contributed by atoms with Crippen molar-refractivity contribution in [2.75, 3.05) is 0 Å². The topological polar surface area (TPSA) is 25.8 Å². The average Bonchev–Trinajstić information content (AvgIpc) is 3.74. The Balaban J connectivity index is 1.50. The summed E-state index contributed by atoms with van der Waals surface area (Å²) in [6.07, 6.45) is 1.24. The van der Waals surface area contributed by atoms with E-state index in [4.69, 9.17) is 9.97 Å². The fraction of sp³-hybridized carbons (Fsp3) is 0.267. The number of rotatable bonds is 0. The second-order valence-corrected chi connectivity index (χ2v) is 10.9. The molecule has 0 spiro atoms. The van der Waals surface area contributed by atoms with E-state index in [-0.39, 0.29) is 28.4 Å². The number of benzene rings is 2. The maximum Gasteiger partial charge on any atom is 0.135 e. The second-order valence-electron chi connectivity index (χ2n) is 10.9. The molecule has 1 aliphatic heterocycles. The zero-order chi connectivity index (χ0) is 25.0. The van der Waals surface area contributed by atoms with Crippen LogP contribution in [0.5, 0.6) is 0 Å². The molecule has 6 heteroatoms. The van der Waals surface area contributed by atoms with E-state index >= 15 is 17.6 Å². The van der Waals surface area contributed by atoms with E-state index in [1.54, 1.807) is 12.1 Å². The van der Waals surface area contributed by atoms with E-state index < -0.39 is 28.7 Å². The van der Waals surface area contributed by atoms with Gasteiger partial charge in [0.15, 0.2) is 0 Å². The third-order valence-corrected chi connectivity index (χ3v) is 8.62. The lowest BCUT2D eigenvalue weighted by atomic mass is 9.89. The first-order valence-corrected chi connectivity index (χ1v) is 12.1. The Morgan fingerprint density at radius 3 is 2.08 bits per heavy atom. The molecule has 36 heavy (non-hydrogen) atoms. The molecule has 2 fully saturated rings. The molecule has 180 valence electrons. The Labute approximate surface area is 206 Å². The molecule has 8 bridgehead atoms. The SMILES string of the molecule is CC12CC1c1cccc(n1)-c1cc(c(F)cc1F)C1(C)CC1c1cc(c(F)cc1F)-c1cccc2n1. The minimum Gasteiger partial charge on any atom is -0.252 e. The summed E-state index contributed by atoms with van der Waals surface area (Å²) in [7, 11) is 0. The van der Waals surface area contributed by atoms with Crippen molar-refractivity contribution in [2.24, 2.45) is 0 Å². The Hall–Kier alpha value is -3.54. The highest BCUT2D eigenvalue weighted by atomic mass is 19.1. The molecule has 4 atom stereocenters. The zero-order valence-corrected chi connectivity index (χ0v) is 19.7. The largest absolute Gasteiger partial charge is 0.252 e. The fourth-order valence-corrected chi connectivity index (χ4v) is 6.11. The number of pyridine rings is 2. The minimum atomic E-state index is -0.762. The van der Waals surface area contributed by atoms with Crippen molar-refractivity contribution in [3.63, 3.8) is 0 Å². The van der Waals surface area contributed by atoms with Gasteiger partial charge in [0.2, 0.25) is 0 Å². The van der Waals surface area contributed by atoms with Crippen LogP contribution in [-0.4, -0.2) is 9.97 Å². The molecule has 0 amide bonds. The van der Waals surface area contributed by atoms with Gasteiger partial charge in [-0.2, -0.15) is 0 Å². The molecule has 0 N–H and O–H groups in total. The van der Waals surface area contributed by atoms with Crippen LogP contribution in [0.15, 0.2) is 60.7 Å². The first-order chi connectivity index (χ1) is 17.2. The van der Waals surface area contributed by atoms with Crippen molar-refractivity contribution >= 4 is 0 Å². The molecule has 2 aromatic carbocycles. The summed E-state index contributed by atoms with van der Waals surface area (Å²) in [5.41, 5.74) is 2.46. The summed E-state index contributed by atoms with van der Waals surface area (Å²) in [6, 6.07) is 15.8. The van der Waals surface area contributed by atoms with Gasteiger partial charge in [-0.15, -0.1) is 0 Å². The molecule has 2 aromatic heterocycles. The van der Waals surface area contributed by atoms with Crippen LogP contribution in [0, 0.1) is 23.3 Å². The maximum atomic E-state index is 15.1. The van der Waals surface area contributed by atoms with E-state index in [1.165, 1.54) is 12.1 Å². The van der Waals surface area contributed by atoms with Crippen molar-refractivity contribution in [1.29, 1.82) is 0 Å². The Bertz CT molecular complexity index is 1600. The lowest BCUT2D eigenvalue weighted by Gasteiger charge is -2.18. The van der Waals surface area contributed by atoms with Crippen LogP contribution in [0.3, 0.4) is 0 Å². The van der Waals surface area contributed by atoms with Gasteiger partial charge >= 0.3 is 0 Å². The summed E-state index contributed by atoms with van der Waals surface area (Å²) in [5, 5.41) is 0. The van der Waals surface area contributed by atoms with Crippen LogP contribution >= 0.6 is 0 Å². The normalized spacial score (nSPS) is 27.2. The monoisotopic (exact) mass is 486 g/mol. The third-order valence-electron chi connectivity index (χ3n) is 8.62. The lowest BCUT2D eigenvalue weighted by molar-refractivity contribution is 0.547. The first-order valence-electron chi connectivity index (χ1n) is 12.1. The van der Waals surface area contributed by atoms with Crippen molar-refractivity contribution in [2.45, 2.75) is 49.4 Å². The molecule has 7 rings (SSSR count). The Morgan fingerprint density at radius 1 is 0.667 bits per heavy atom. The van der Waals surface area contributed by atoms with Gasteiger partial charge in [0.25, 0.3) is 0 Å². The van der Waals surface area contributed by atoms with Crippen LogP contribution in [0.25, 0.3) is 22.5 Å². The van der Waals surface area contributed by atoms with Gasteiger partial charge in [-0.1, -0.05) is 26.0 Å². The fourth-order valence-electron chi connectivity index (χ4n) is 6.11. The summed E-state index contributed by atoms with van der Waals surface area (Å²) >= 11 is 0. The summed E-state index contributed by atoms with van der Waals surface area (Å²) in [4.78, 5) is 9.58. The second kappa shape index (κ2) is 7.02. The van der Waals surface area contributed by atoms with Gasteiger partial charge in [0.05, 0.1) is 11.4 Å². The van der Waals surface area contributed by atoms with E-state index in [0.29, 0.717) is 28.9 Å². The molecule has 0 radical (unpaired) electrons. The van der Waals surface area contributed by atoms with Gasteiger partial charge in [-0.25, -0.2) is 17.6 Å². The molecule has 2 saturated carbocycles. The Kier molecular flexibility index (Phi) is 4.24. The van der Waals surface area contributed by atoms with Gasteiger partial charge in [0.1, 0.15) is 23.3 Å². The number of halogens is 4. The molecule has 3 aliphatic rings. The predicted molar refractivity (Wildman–Crippen MR) is 129 cm³/mol. The predicted octanol–water partition coefficient (Wildman–Crippen LogP) is 7.57. The van der Waals surface area contributed by atoms with Gasteiger partial charge < -0.3 is 0 Å². The summed E-state index contributed by atoms with van der Waals surface area (Å²) in [5.74, 6) is -3.06. The van der Waals surface area contributed by atoms with Crippen LogP contribution in [0.4, 0.5) is 17.6 Å². The van der Waals surface area contributed by atoms with E-state index in [1.807, 2.05) is 31.2 Å². The summed E-state index contributed by atoms with van der Waals surface area (Å²) < 4.78 is 60.2. The van der Waals surface area contributed by atoms with Crippen molar-refractivity contribution in [3.05, 3.63) is 106 Å². The molecule has 4 aromatic rings. The molecule has 3 heterocycles. The van der Waals surface area contributed by atoms with E-state index in [0.717, 1.165) is 29.9 Å². The van der Waals surface area contributed by atoms with E-state index in [2.05, 4.69) is 6.92 Å². The van der Waals surface area contributed by atoms with Crippen LogP contribution in [0.2, 0.25) is 0 Å². The lowest BCUT2D eigenvalue weighted by Crippen LogP contribution is -2.11. The average molecular weight is 487 g/mol. The first kappa shape index (κ1) is 21.7. The van der Waals surface area contributed by atoms with Crippen molar-refractivity contribution < 1.29 is 17.6 Å². The van der Waals surface area contributed by atoms with Gasteiger partial charge in [-0.05, 0) is 66.3 Å². The van der Waals surface area contributed by atoms with Gasteiger partial charge in [-0.3, -0.25) is 9.97 Å². The molecule has 0 saturated heterocycles. The smallest absolute Gasteiger partial charge is 0.135 e. The number of hydrogen-bond donors (Lipinski definition) is 0. The minimum absolute atomic E-state index is 0.0510. The van der Waals surface area contributed by atoms with Gasteiger partial charge in [0, 0.05) is 51.4 Å². The molecule has 2 nitrogen and oxygen atoms in total. The standard InChI is InChI=1S/C30H22F4N2/c1-29-13-19(29)15-9-16(22(32)11-21(15)31)26-6-4-8-28(36-26)30(2)14-20(30)27-7-3-5-25(35-27)17-10-18(29)24(34)12-23(17)33/h3-12,19-20H,13-14H2,1-2H3. The highest BCUT2D eigenvalue weighted by Gasteiger charge is 2.55. The number of hydrogen-bond acceptors (Lipinski definition) is 2. The van der Waals surface area contributed by atoms with Crippen molar-refractivity contribution in [3.8, 4) is 22.5 Å². The number of nitrogens with zero attached hydrogens (tertiary/aromatic N) is 2. The number of fused-ring (bicyclic) bond motifs is 16. The molecule has 4 unspecified atom stereocenters. The van der Waals surface area contributed by atoms with Crippen LogP contribution in [-0.2, 0) is 10.8 Å². The summed E-state index contributed by atoms with van der Waals surface area (Å²) in [6.45, 7) is 3.92. The zero-order valence-electron chi connectivity index (χ0n) is 19.7. The molecular weight excluding hydrogens is 464 g/mol.